The summed E-state index contributed by atoms with van der Waals surface area (Å²) in [7, 11) is 0. The molecule has 12 nitrogen and oxygen atoms in total. The number of esters is 1. The maximum absolute atomic E-state index is 13.9. The molecule has 1 aliphatic rings. The summed E-state index contributed by atoms with van der Waals surface area (Å²) in [4.78, 5) is 30.3. The smallest absolute Gasteiger partial charge is 0.457 e. The van der Waals surface area contributed by atoms with Gasteiger partial charge in [0, 0.05) is 18.5 Å². The maximum Gasteiger partial charge on any atom is 0.509 e. The van der Waals surface area contributed by atoms with E-state index in [0.717, 1.165) is 45.4 Å². The van der Waals surface area contributed by atoms with Crippen LogP contribution in [-0.2, 0) is 38.3 Å². The number of hydrogen-bond donors (Lipinski definition) is 1. The van der Waals surface area contributed by atoms with Crippen molar-refractivity contribution in [3.8, 4) is 22.5 Å². The largest absolute Gasteiger partial charge is 0.509 e. The molecule has 0 amide bonds. The van der Waals surface area contributed by atoms with E-state index in [0.29, 0.717) is 18.1 Å². The third-order valence-corrected chi connectivity index (χ3v) is 10.9. The van der Waals surface area contributed by atoms with Gasteiger partial charge in [-0.2, -0.15) is 0 Å². The molecule has 0 saturated carbocycles. The van der Waals surface area contributed by atoms with Crippen LogP contribution in [0.4, 0.5) is 4.79 Å². The molecule has 0 spiro atoms. The fourth-order valence-electron chi connectivity index (χ4n) is 7.98. The van der Waals surface area contributed by atoms with Crippen LogP contribution < -0.4 is 0 Å². The Morgan fingerprint density at radius 1 is 0.783 bits per heavy atom. The number of carbonyl (C=O) groups is 2. The van der Waals surface area contributed by atoms with Gasteiger partial charge in [-0.3, -0.25) is 0 Å². The molecule has 1 fully saturated rings. The Bertz CT molecular complexity index is 2490. The fraction of sp³-hybridized carbons (Fsp3) is 0.250. The second-order valence-electron chi connectivity index (χ2n) is 15.4. The van der Waals surface area contributed by atoms with Crippen LogP contribution in [0.2, 0.25) is 0 Å². The summed E-state index contributed by atoms with van der Waals surface area (Å²) in [5.74, 6) is 0.549. The van der Waals surface area contributed by atoms with E-state index < -0.39 is 35.5 Å². The molecule has 1 saturated heterocycles. The molecule has 1 N–H and O–H groups in total. The zero-order valence-electron chi connectivity index (χ0n) is 33.9. The first-order valence-electron chi connectivity index (χ1n) is 20.1. The lowest BCUT2D eigenvalue weighted by molar-refractivity contribution is 0.0219. The number of hydrogen-bond acceptors (Lipinski definition) is 10. The number of aryl methyl sites for hydroxylation is 1. The third kappa shape index (κ3) is 7.57. The highest BCUT2D eigenvalue weighted by atomic mass is 16.8. The summed E-state index contributed by atoms with van der Waals surface area (Å²) in [5.41, 5.74) is 4.60. The molecule has 304 valence electrons. The van der Waals surface area contributed by atoms with Gasteiger partial charge in [0.05, 0.1) is 0 Å². The van der Waals surface area contributed by atoms with Crippen molar-refractivity contribution in [1.82, 2.24) is 29.8 Å². The fourth-order valence-corrected chi connectivity index (χ4v) is 7.98. The van der Waals surface area contributed by atoms with Crippen LogP contribution in [-0.4, -0.2) is 65.8 Å². The molecular weight excluding hydrogens is 757 g/mol. The molecule has 0 aliphatic carbocycles. The van der Waals surface area contributed by atoms with Gasteiger partial charge < -0.3 is 23.9 Å². The molecule has 0 bridgehead atoms. The van der Waals surface area contributed by atoms with Gasteiger partial charge in [0.1, 0.15) is 35.4 Å². The average Bonchev–Trinajstić information content (AvgIpc) is 3.99. The quantitative estimate of drug-likeness (QED) is 0.0842. The number of carbonyl (C=O) groups excluding carboxylic acids is 2. The molecule has 60 heavy (non-hydrogen) atoms. The number of ether oxygens (including phenoxy) is 3. The summed E-state index contributed by atoms with van der Waals surface area (Å²) in [6.45, 7) is 6.97. The van der Waals surface area contributed by atoms with E-state index >= 15 is 0 Å². The van der Waals surface area contributed by atoms with E-state index in [1.807, 2.05) is 113 Å². The summed E-state index contributed by atoms with van der Waals surface area (Å²) < 4.78 is 19.7. The number of imidazole rings is 1. The number of cyclic esters (lactones) is 2. The van der Waals surface area contributed by atoms with Crippen molar-refractivity contribution < 1.29 is 28.9 Å². The van der Waals surface area contributed by atoms with Crippen LogP contribution in [0.5, 0.6) is 0 Å². The highest BCUT2D eigenvalue weighted by Gasteiger charge is 2.42. The van der Waals surface area contributed by atoms with Gasteiger partial charge in [-0.15, -0.1) is 5.10 Å². The van der Waals surface area contributed by atoms with Crippen molar-refractivity contribution in [2.24, 2.45) is 0 Å². The highest BCUT2D eigenvalue weighted by molar-refractivity contribution is 5.89. The number of nitrogens with zero attached hydrogens (tertiary/aromatic N) is 6. The Balaban J connectivity index is 1.17. The minimum atomic E-state index is -1.44. The second-order valence-corrected chi connectivity index (χ2v) is 15.4. The van der Waals surface area contributed by atoms with Crippen LogP contribution in [0.15, 0.2) is 140 Å². The standard InChI is InChI=1S/C48H46N6O6/c1-5-17-41-49-43(47(3,4)57)42(45(55)58-31-40-32(2)59-46(56)60-40)53(41)30-33-26-28-34(29-27-33)38-24-15-16-25-39(38)44-50-51-52-54(44)48(35-18-9-6-10-19-35,36-20-11-7-12-21-36)37-22-13-8-14-23-37/h6-16,18-29,32,40,57H,5,17,30-31H2,1-4H3/t32-,40-/m0/s1. The van der Waals surface area contributed by atoms with Crippen LogP contribution in [0.3, 0.4) is 0 Å². The van der Waals surface area contributed by atoms with Crippen LogP contribution in [0.1, 0.15) is 78.4 Å². The first-order valence-corrected chi connectivity index (χ1v) is 20.1. The minimum Gasteiger partial charge on any atom is -0.457 e. The maximum atomic E-state index is 13.9. The molecule has 5 aromatic carbocycles. The molecule has 8 rings (SSSR count). The second kappa shape index (κ2) is 16.7. The number of rotatable bonds is 14. The Labute approximate surface area is 348 Å². The van der Waals surface area contributed by atoms with Gasteiger partial charge >= 0.3 is 12.1 Å². The molecule has 2 aromatic heterocycles. The number of aliphatic hydroxyl groups is 1. The minimum absolute atomic E-state index is 0.142. The lowest BCUT2D eigenvalue weighted by Gasteiger charge is -2.36. The molecule has 0 radical (unpaired) electrons. The van der Waals surface area contributed by atoms with Crippen LogP contribution in [0.25, 0.3) is 22.5 Å². The topological polar surface area (TPSA) is 143 Å². The molecule has 3 heterocycles. The van der Waals surface area contributed by atoms with Crippen LogP contribution in [0, 0.1) is 0 Å². The Hall–Kier alpha value is -6.92. The predicted octanol–water partition coefficient (Wildman–Crippen LogP) is 8.35. The van der Waals surface area contributed by atoms with Crippen LogP contribution >= 0.6 is 0 Å². The van der Waals surface area contributed by atoms with Crippen molar-refractivity contribution >= 4 is 12.1 Å². The van der Waals surface area contributed by atoms with Crippen molar-refractivity contribution in [3.63, 3.8) is 0 Å². The Kier molecular flexibility index (Phi) is 11.1. The van der Waals surface area contributed by atoms with Gasteiger partial charge in [0.15, 0.2) is 17.6 Å². The van der Waals surface area contributed by atoms with Gasteiger partial charge in [0.25, 0.3) is 0 Å². The van der Waals surface area contributed by atoms with Gasteiger partial charge in [0.2, 0.25) is 0 Å². The Morgan fingerprint density at radius 3 is 1.88 bits per heavy atom. The number of benzene rings is 5. The third-order valence-electron chi connectivity index (χ3n) is 10.9. The lowest BCUT2D eigenvalue weighted by atomic mass is 9.77. The number of tetrazole rings is 1. The zero-order chi connectivity index (χ0) is 41.9. The first-order chi connectivity index (χ1) is 29.1. The predicted molar refractivity (Wildman–Crippen MR) is 225 cm³/mol. The SMILES string of the molecule is CCCc1nc(C(C)(C)O)c(C(=O)OC[C@@H]2OC(=O)O[C@H]2C)n1Cc1ccc(-c2ccccc2-c2nnnn2C(c2ccccc2)(c2ccccc2)c2ccccc2)cc1. The molecule has 7 aromatic rings. The van der Waals surface area contributed by atoms with Gasteiger partial charge in [-0.25, -0.2) is 19.3 Å². The molecular formula is C48H46N6O6. The van der Waals surface area contributed by atoms with E-state index in [-0.39, 0.29) is 24.5 Å². The summed E-state index contributed by atoms with van der Waals surface area (Å²) in [6.07, 6.45) is -0.794. The molecule has 0 unspecified atom stereocenters. The van der Waals surface area contributed by atoms with Crippen molar-refractivity contribution in [1.29, 1.82) is 0 Å². The van der Waals surface area contributed by atoms with Crippen molar-refractivity contribution in [2.45, 2.75) is 70.4 Å². The van der Waals surface area contributed by atoms with Gasteiger partial charge in [-0.05, 0) is 71.0 Å². The van der Waals surface area contributed by atoms with E-state index in [4.69, 9.17) is 29.5 Å². The average molecular weight is 803 g/mol. The lowest BCUT2D eigenvalue weighted by Crippen LogP contribution is -2.39. The van der Waals surface area contributed by atoms with E-state index in [9.17, 15) is 14.7 Å². The van der Waals surface area contributed by atoms with E-state index in [1.165, 1.54) is 0 Å². The molecule has 12 heteroatoms. The first kappa shape index (κ1) is 39.9. The van der Waals surface area contributed by atoms with Gasteiger partial charge in [-0.1, -0.05) is 146 Å². The monoisotopic (exact) mass is 802 g/mol. The van der Waals surface area contributed by atoms with Crippen molar-refractivity contribution in [2.75, 3.05) is 6.61 Å². The van der Waals surface area contributed by atoms with E-state index in [1.54, 1.807) is 20.8 Å². The Morgan fingerprint density at radius 2 is 1.35 bits per heavy atom. The van der Waals surface area contributed by atoms with E-state index in [2.05, 4.69) is 47.7 Å². The summed E-state index contributed by atoms with van der Waals surface area (Å²) in [6, 6.07) is 47.1. The number of aromatic nitrogens is 6. The summed E-state index contributed by atoms with van der Waals surface area (Å²) in [5, 5.41) is 25.0. The molecule has 2 atom stereocenters. The highest BCUT2D eigenvalue weighted by Crippen LogP contribution is 2.43. The summed E-state index contributed by atoms with van der Waals surface area (Å²) >= 11 is 0. The zero-order valence-corrected chi connectivity index (χ0v) is 33.9. The van der Waals surface area contributed by atoms with Crippen molar-refractivity contribution in [3.05, 3.63) is 179 Å². The normalized spacial score (nSPS) is 15.4. The molecule has 1 aliphatic heterocycles.